The van der Waals surface area contributed by atoms with E-state index in [0.717, 1.165) is 0 Å². The minimum absolute atomic E-state index is 0.00184. The monoisotopic (exact) mass is 278 g/mol. The number of nitrogen functional groups attached to an aromatic ring is 1. The fourth-order valence-electron chi connectivity index (χ4n) is 1.26. The van der Waals surface area contributed by atoms with E-state index in [2.05, 4.69) is 20.7 Å². The Labute approximate surface area is 106 Å². The maximum Gasteiger partial charge on any atom is 0.332 e. The highest BCUT2D eigenvalue weighted by atomic mass is 19.3. The molecule has 0 aliphatic rings. The number of aryl methyl sites for hydroxylation is 1. The lowest BCUT2D eigenvalue weighted by atomic mass is 10.3. The third-order valence-electron chi connectivity index (χ3n) is 2.14. The van der Waals surface area contributed by atoms with Crippen molar-refractivity contribution in [2.75, 3.05) is 17.3 Å². The number of rotatable bonds is 6. The summed E-state index contributed by atoms with van der Waals surface area (Å²) >= 11 is 0. The first-order chi connectivity index (χ1) is 8.86. The van der Waals surface area contributed by atoms with Crippen LogP contribution in [0.5, 0.6) is 0 Å². The van der Waals surface area contributed by atoms with Gasteiger partial charge in [-0.15, -0.1) is 0 Å². The number of nitro groups is 1. The second kappa shape index (κ2) is 6.15. The highest BCUT2D eigenvalue weighted by Crippen LogP contribution is 2.26. The van der Waals surface area contributed by atoms with Gasteiger partial charge in [-0.05, 0) is 6.92 Å². The van der Waals surface area contributed by atoms with Crippen LogP contribution in [0, 0.1) is 17.0 Å². The van der Waals surface area contributed by atoms with Crippen molar-refractivity contribution in [3.8, 4) is 0 Å². The number of halogens is 2. The summed E-state index contributed by atoms with van der Waals surface area (Å²) in [6.07, 6.45) is -4.94. The minimum Gasteiger partial charge on any atom is -0.385 e. The van der Waals surface area contributed by atoms with E-state index in [0.29, 0.717) is 0 Å². The lowest BCUT2D eigenvalue weighted by Crippen LogP contribution is -2.27. The SMILES string of the molecule is Cc1nc(NN)nc(NCC(O)C(F)F)c1[N+](=O)[O-]. The van der Waals surface area contributed by atoms with E-state index < -0.39 is 29.7 Å². The summed E-state index contributed by atoms with van der Waals surface area (Å²) in [5, 5.41) is 22.1. The number of alkyl halides is 2. The molecule has 0 aliphatic carbocycles. The van der Waals surface area contributed by atoms with Crippen LogP contribution in [0.3, 0.4) is 0 Å². The molecule has 19 heavy (non-hydrogen) atoms. The summed E-state index contributed by atoms with van der Waals surface area (Å²) in [5.74, 6) is 4.66. The predicted octanol–water partition coefficient (Wildman–Crippen LogP) is 0.0167. The molecule has 5 N–H and O–H groups in total. The second-order valence-corrected chi connectivity index (χ2v) is 3.51. The molecule has 1 rings (SSSR count). The zero-order chi connectivity index (χ0) is 14.6. The van der Waals surface area contributed by atoms with E-state index in [9.17, 15) is 18.9 Å². The highest BCUT2D eigenvalue weighted by Gasteiger charge is 2.24. The molecule has 1 unspecified atom stereocenters. The minimum atomic E-state index is -2.97. The topological polar surface area (TPSA) is 139 Å². The van der Waals surface area contributed by atoms with Crippen molar-refractivity contribution in [2.24, 2.45) is 5.84 Å². The van der Waals surface area contributed by atoms with Crippen molar-refractivity contribution < 1.29 is 18.8 Å². The number of hydrogen-bond donors (Lipinski definition) is 4. The molecule has 1 heterocycles. The number of hydrazine groups is 1. The molecule has 9 nitrogen and oxygen atoms in total. The number of hydrogen-bond acceptors (Lipinski definition) is 8. The summed E-state index contributed by atoms with van der Waals surface area (Å²) in [7, 11) is 0. The zero-order valence-corrected chi connectivity index (χ0v) is 9.80. The number of aromatic nitrogens is 2. The first kappa shape index (κ1) is 14.9. The maximum absolute atomic E-state index is 12.1. The molecule has 1 aromatic rings. The lowest BCUT2D eigenvalue weighted by Gasteiger charge is -2.12. The molecule has 106 valence electrons. The molecule has 0 spiro atoms. The maximum atomic E-state index is 12.1. The Morgan fingerprint density at radius 3 is 2.63 bits per heavy atom. The van der Waals surface area contributed by atoms with Gasteiger partial charge in [0, 0.05) is 6.54 Å². The number of nitrogens with zero attached hydrogens (tertiary/aromatic N) is 3. The average Bonchev–Trinajstić information content (AvgIpc) is 2.34. The molecule has 0 saturated carbocycles. The van der Waals surface area contributed by atoms with Gasteiger partial charge in [0.25, 0.3) is 6.43 Å². The molecule has 0 aliphatic heterocycles. The summed E-state index contributed by atoms with van der Waals surface area (Å²) in [6, 6.07) is 0. The summed E-state index contributed by atoms with van der Waals surface area (Å²) in [6.45, 7) is 0.744. The fourth-order valence-corrected chi connectivity index (χ4v) is 1.26. The largest absolute Gasteiger partial charge is 0.385 e. The summed E-state index contributed by atoms with van der Waals surface area (Å²) < 4.78 is 24.3. The van der Waals surface area contributed by atoms with Crippen LogP contribution in [0.2, 0.25) is 0 Å². The van der Waals surface area contributed by atoms with Gasteiger partial charge in [-0.1, -0.05) is 0 Å². The van der Waals surface area contributed by atoms with Gasteiger partial charge in [0.05, 0.1) is 4.92 Å². The molecule has 0 fully saturated rings. The van der Waals surface area contributed by atoms with E-state index in [-0.39, 0.29) is 17.5 Å². The highest BCUT2D eigenvalue weighted by molar-refractivity contribution is 5.60. The van der Waals surface area contributed by atoms with E-state index in [1.54, 1.807) is 0 Å². The van der Waals surface area contributed by atoms with Crippen molar-refractivity contribution in [3.05, 3.63) is 15.8 Å². The Balaban J connectivity index is 3.03. The van der Waals surface area contributed by atoms with Crippen molar-refractivity contribution in [3.63, 3.8) is 0 Å². The Kier molecular flexibility index (Phi) is 4.83. The molecule has 1 atom stereocenters. The third-order valence-corrected chi connectivity index (χ3v) is 2.14. The zero-order valence-electron chi connectivity index (χ0n) is 9.80. The number of aliphatic hydroxyl groups excluding tert-OH is 1. The van der Waals surface area contributed by atoms with Gasteiger partial charge in [-0.2, -0.15) is 4.98 Å². The number of anilines is 2. The number of nitrogens with two attached hydrogens (primary N) is 1. The summed E-state index contributed by atoms with van der Waals surface area (Å²) in [4.78, 5) is 17.4. The normalized spacial score (nSPS) is 12.3. The van der Waals surface area contributed by atoms with Gasteiger partial charge in [0.1, 0.15) is 11.8 Å². The van der Waals surface area contributed by atoms with E-state index in [1.165, 1.54) is 6.92 Å². The molecular formula is C8H12F2N6O3. The van der Waals surface area contributed by atoms with Crippen molar-refractivity contribution in [2.45, 2.75) is 19.5 Å². The van der Waals surface area contributed by atoms with Crippen LogP contribution in [-0.4, -0.2) is 39.1 Å². The van der Waals surface area contributed by atoms with Crippen LogP contribution >= 0.6 is 0 Å². The van der Waals surface area contributed by atoms with E-state index in [4.69, 9.17) is 10.9 Å². The Bertz CT molecular complexity index is 472. The molecule has 11 heteroatoms. The fraction of sp³-hybridized carbons (Fsp3) is 0.500. The molecule has 1 aromatic heterocycles. The Morgan fingerprint density at radius 1 is 1.53 bits per heavy atom. The van der Waals surface area contributed by atoms with Gasteiger partial charge in [-0.3, -0.25) is 15.5 Å². The first-order valence-corrected chi connectivity index (χ1v) is 5.06. The van der Waals surface area contributed by atoms with E-state index in [1.807, 2.05) is 0 Å². The Hall–Kier alpha value is -2.14. The predicted molar refractivity (Wildman–Crippen MR) is 61.7 cm³/mol. The Morgan fingerprint density at radius 2 is 2.16 bits per heavy atom. The van der Waals surface area contributed by atoms with Gasteiger partial charge >= 0.3 is 5.69 Å². The quantitative estimate of drug-likeness (QED) is 0.324. The third kappa shape index (κ3) is 3.66. The van der Waals surface area contributed by atoms with Crippen LogP contribution in [0.25, 0.3) is 0 Å². The van der Waals surface area contributed by atoms with Crippen molar-refractivity contribution in [1.82, 2.24) is 9.97 Å². The first-order valence-electron chi connectivity index (χ1n) is 5.06. The number of aliphatic hydroxyl groups is 1. The van der Waals surface area contributed by atoms with Gasteiger partial charge in [0.15, 0.2) is 0 Å². The lowest BCUT2D eigenvalue weighted by molar-refractivity contribution is -0.385. The molecular weight excluding hydrogens is 266 g/mol. The molecule has 0 radical (unpaired) electrons. The molecule has 0 amide bonds. The van der Waals surface area contributed by atoms with Gasteiger partial charge < -0.3 is 10.4 Å². The van der Waals surface area contributed by atoms with Crippen LogP contribution in [-0.2, 0) is 0 Å². The molecule has 0 bridgehead atoms. The number of nitrogens with one attached hydrogen (secondary N) is 2. The second-order valence-electron chi connectivity index (χ2n) is 3.51. The molecule has 0 aromatic carbocycles. The smallest absolute Gasteiger partial charge is 0.332 e. The van der Waals surface area contributed by atoms with Crippen LogP contribution in [0.4, 0.5) is 26.2 Å². The van der Waals surface area contributed by atoms with E-state index >= 15 is 0 Å². The summed E-state index contributed by atoms with van der Waals surface area (Å²) in [5.41, 5.74) is 1.62. The van der Waals surface area contributed by atoms with Gasteiger partial charge in [-0.25, -0.2) is 19.6 Å². The molecule has 0 saturated heterocycles. The van der Waals surface area contributed by atoms with Crippen molar-refractivity contribution >= 4 is 17.5 Å². The van der Waals surface area contributed by atoms with Crippen LogP contribution in [0.1, 0.15) is 5.69 Å². The van der Waals surface area contributed by atoms with Gasteiger partial charge in [0.2, 0.25) is 11.8 Å². The van der Waals surface area contributed by atoms with Crippen LogP contribution in [0.15, 0.2) is 0 Å². The standard InChI is InChI=1S/C8H12F2N6O3/c1-3-5(16(18)19)7(14-8(13-3)15-11)12-2-4(17)6(9)10/h4,6,17H,2,11H2,1H3,(H2,12,13,14,15). The average molecular weight is 278 g/mol. The van der Waals surface area contributed by atoms with Crippen LogP contribution < -0.4 is 16.6 Å². The van der Waals surface area contributed by atoms with Crippen molar-refractivity contribution in [1.29, 1.82) is 0 Å².